The average molecular weight is 324 g/mol. The van der Waals surface area contributed by atoms with Gasteiger partial charge in [0.1, 0.15) is 0 Å². The molecule has 118 valence electrons. The van der Waals surface area contributed by atoms with Crippen molar-refractivity contribution in [2.45, 2.75) is 33.2 Å². The van der Waals surface area contributed by atoms with Crippen molar-refractivity contribution in [2.24, 2.45) is 0 Å². The fraction of sp³-hybridized carbons (Fsp3) is 0.263. The van der Waals surface area contributed by atoms with Gasteiger partial charge in [-0.05, 0) is 44.5 Å². The van der Waals surface area contributed by atoms with Gasteiger partial charge in [0.2, 0.25) is 0 Å². The van der Waals surface area contributed by atoms with E-state index in [2.05, 4.69) is 31.3 Å². The minimum Gasteiger partial charge on any atom is -0.350 e. The number of benzene rings is 1. The van der Waals surface area contributed by atoms with Crippen LogP contribution in [0.3, 0.4) is 0 Å². The first-order chi connectivity index (χ1) is 11.1. The number of nitrogens with zero attached hydrogens (tertiary/aromatic N) is 1. The third-order valence-electron chi connectivity index (χ3n) is 3.94. The van der Waals surface area contributed by atoms with Gasteiger partial charge in [-0.25, -0.2) is 4.98 Å². The molecule has 2 heterocycles. The van der Waals surface area contributed by atoms with E-state index in [1.165, 1.54) is 4.88 Å². The van der Waals surface area contributed by atoms with Gasteiger partial charge in [-0.3, -0.25) is 4.79 Å². The lowest BCUT2D eigenvalue weighted by Crippen LogP contribution is -2.32. The highest BCUT2D eigenvalue weighted by Crippen LogP contribution is 2.29. The predicted molar refractivity (Wildman–Crippen MR) is 97.0 cm³/mol. The summed E-state index contributed by atoms with van der Waals surface area (Å²) in [6.45, 7) is 6.16. The quantitative estimate of drug-likeness (QED) is 0.749. The van der Waals surface area contributed by atoms with Gasteiger partial charge in [-0.15, -0.1) is 11.3 Å². The molecule has 0 aliphatic carbocycles. The fourth-order valence-corrected chi connectivity index (χ4v) is 3.29. The maximum Gasteiger partial charge on any atom is 0.252 e. The van der Waals surface area contributed by atoms with Crippen LogP contribution < -0.4 is 5.32 Å². The van der Waals surface area contributed by atoms with E-state index >= 15 is 0 Å². The number of amides is 1. The molecule has 3 nitrogen and oxygen atoms in total. The van der Waals surface area contributed by atoms with Crippen LogP contribution in [0, 0.1) is 6.92 Å². The zero-order chi connectivity index (χ0) is 16.4. The summed E-state index contributed by atoms with van der Waals surface area (Å²) in [5.41, 5.74) is 2.40. The second kappa shape index (κ2) is 6.50. The fourth-order valence-electron chi connectivity index (χ4n) is 2.47. The highest BCUT2D eigenvalue weighted by Gasteiger charge is 2.15. The molecule has 0 bridgehead atoms. The zero-order valence-electron chi connectivity index (χ0n) is 13.6. The predicted octanol–water partition coefficient (Wildman–Crippen LogP) is 4.80. The summed E-state index contributed by atoms with van der Waals surface area (Å²) in [6, 6.07) is 14.0. The number of rotatable bonds is 4. The van der Waals surface area contributed by atoms with Gasteiger partial charge >= 0.3 is 0 Å². The molecule has 0 spiro atoms. The van der Waals surface area contributed by atoms with Crippen molar-refractivity contribution in [2.75, 3.05) is 0 Å². The molecule has 0 aliphatic heterocycles. The number of nitrogens with one attached hydrogen (secondary N) is 1. The van der Waals surface area contributed by atoms with Crippen LogP contribution in [0.4, 0.5) is 0 Å². The number of hydrogen-bond acceptors (Lipinski definition) is 3. The van der Waals surface area contributed by atoms with E-state index in [1.54, 1.807) is 11.3 Å². The summed E-state index contributed by atoms with van der Waals surface area (Å²) < 4.78 is 0. The van der Waals surface area contributed by atoms with Crippen LogP contribution in [-0.2, 0) is 0 Å². The summed E-state index contributed by atoms with van der Waals surface area (Å²) in [4.78, 5) is 19.7. The molecule has 1 N–H and O–H groups in total. The first kappa shape index (κ1) is 15.7. The molecule has 3 aromatic rings. The van der Waals surface area contributed by atoms with Gasteiger partial charge in [-0.2, -0.15) is 0 Å². The Hall–Kier alpha value is -2.20. The number of aromatic nitrogens is 1. The largest absolute Gasteiger partial charge is 0.350 e. The molecule has 4 heteroatoms. The molecule has 0 aliphatic rings. The number of carbonyl (C=O) groups is 1. The lowest BCUT2D eigenvalue weighted by atomic mass is 10.1. The molecule has 1 amide bonds. The van der Waals surface area contributed by atoms with Crippen LogP contribution in [0.5, 0.6) is 0 Å². The van der Waals surface area contributed by atoms with Gasteiger partial charge in [0.15, 0.2) is 0 Å². The van der Waals surface area contributed by atoms with Gasteiger partial charge < -0.3 is 5.32 Å². The topological polar surface area (TPSA) is 42.0 Å². The first-order valence-electron chi connectivity index (χ1n) is 7.86. The summed E-state index contributed by atoms with van der Waals surface area (Å²) in [5.74, 6) is -0.0347. The van der Waals surface area contributed by atoms with Crippen molar-refractivity contribution in [3.63, 3.8) is 0 Å². The van der Waals surface area contributed by atoms with Crippen molar-refractivity contribution in [3.05, 3.63) is 52.9 Å². The summed E-state index contributed by atoms with van der Waals surface area (Å²) in [6.07, 6.45) is 0.908. The molecule has 3 rings (SSSR count). The molecule has 0 saturated heterocycles. The average Bonchev–Trinajstić information content (AvgIpc) is 3.00. The third kappa shape index (κ3) is 3.27. The monoisotopic (exact) mass is 324 g/mol. The lowest BCUT2D eigenvalue weighted by Gasteiger charge is -2.13. The van der Waals surface area contributed by atoms with E-state index in [4.69, 9.17) is 4.98 Å². The maximum atomic E-state index is 12.7. The second-order valence-electron chi connectivity index (χ2n) is 5.77. The Morgan fingerprint density at radius 1 is 1.26 bits per heavy atom. The van der Waals surface area contributed by atoms with E-state index in [-0.39, 0.29) is 11.9 Å². The van der Waals surface area contributed by atoms with Crippen LogP contribution in [-0.4, -0.2) is 16.9 Å². The maximum absolute atomic E-state index is 12.7. The minimum atomic E-state index is -0.0347. The van der Waals surface area contributed by atoms with E-state index in [0.717, 1.165) is 27.9 Å². The van der Waals surface area contributed by atoms with Crippen LogP contribution in [0.2, 0.25) is 0 Å². The molecule has 2 aromatic heterocycles. The molecule has 1 atom stereocenters. The van der Waals surface area contributed by atoms with Crippen molar-refractivity contribution in [3.8, 4) is 10.6 Å². The van der Waals surface area contributed by atoms with Gasteiger partial charge in [0, 0.05) is 16.3 Å². The molecule has 23 heavy (non-hydrogen) atoms. The number of aryl methyl sites for hydroxylation is 1. The Labute approximate surface area is 140 Å². The van der Waals surface area contributed by atoms with E-state index in [0.29, 0.717) is 5.56 Å². The Bertz CT molecular complexity index is 853. The Morgan fingerprint density at radius 3 is 2.74 bits per heavy atom. The summed E-state index contributed by atoms with van der Waals surface area (Å²) in [5, 5.41) is 3.95. The SMILES string of the molecule is CC[C@@H](C)NC(=O)c1cc(-c2ccc(C)s2)nc2ccccc12. The summed E-state index contributed by atoms with van der Waals surface area (Å²) >= 11 is 1.69. The molecular formula is C19H20N2OS. The minimum absolute atomic E-state index is 0.0347. The third-order valence-corrected chi connectivity index (χ3v) is 4.97. The van der Waals surface area contributed by atoms with Crippen molar-refractivity contribution >= 4 is 28.1 Å². The Balaban J connectivity index is 2.13. The summed E-state index contributed by atoms with van der Waals surface area (Å²) in [7, 11) is 0. The Kier molecular flexibility index (Phi) is 4.44. The van der Waals surface area contributed by atoms with Crippen LogP contribution in [0.15, 0.2) is 42.5 Å². The van der Waals surface area contributed by atoms with E-state index in [9.17, 15) is 4.79 Å². The van der Waals surface area contributed by atoms with Gasteiger partial charge in [-0.1, -0.05) is 25.1 Å². The number of thiophene rings is 1. The van der Waals surface area contributed by atoms with Crippen molar-refractivity contribution in [1.29, 1.82) is 0 Å². The van der Waals surface area contributed by atoms with Gasteiger partial charge in [0.05, 0.1) is 21.7 Å². The number of hydrogen-bond donors (Lipinski definition) is 1. The van der Waals surface area contributed by atoms with Crippen molar-refractivity contribution in [1.82, 2.24) is 10.3 Å². The number of pyridine rings is 1. The highest BCUT2D eigenvalue weighted by molar-refractivity contribution is 7.15. The van der Waals surface area contributed by atoms with E-state index in [1.807, 2.05) is 37.3 Å². The second-order valence-corrected chi connectivity index (χ2v) is 7.05. The van der Waals surface area contributed by atoms with Gasteiger partial charge in [0.25, 0.3) is 5.91 Å². The first-order valence-corrected chi connectivity index (χ1v) is 8.67. The number of fused-ring (bicyclic) bond motifs is 1. The number of para-hydroxylation sites is 1. The molecular weight excluding hydrogens is 304 g/mol. The van der Waals surface area contributed by atoms with Crippen molar-refractivity contribution < 1.29 is 4.79 Å². The molecule has 0 fully saturated rings. The van der Waals surface area contributed by atoms with E-state index < -0.39 is 0 Å². The molecule has 0 radical (unpaired) electrons. The smallest absolute Gasteiger partial charge is 0.252 e. The molecule has 1 aromatic carbocycles. The Morgan fingerprint density at radius 2 is 2.04 bits per heavy atom. The molecule has 0 unspecified atom stereocenters. The zero-order valence-corrected chi connectivity index (χ0v) is 14.4. The van der Waals surface area contributed by atoms with Crippen LogP contribution >= 0.6 is 11.3 Å². The number of carbonyl (C=O) groups excluding carboxylic acids is 1. The molecule has 0 saturated carbocycles. The standard InChI is InChI=1S/C19H20N2OS/c1-4-12(2)20-19(22)15-11-17(18-10-9-13(3)23-18)21-16-8-6-5-7-14(15)16/h5-12H,4H2,1-3H3,(H,20,22)/t12-/m1/s1. The normalized spacial score (nSPS) is 12.3. The van der Waals surface area contributed by atoms with Crippen LogP contribution in [0.25, 0.3) is 21.5 Å². The lowest BCUT2D eigenvalue weighted by molar-refractivity contribution is 0.0941. The van der Waals surface area contributed by atoms with Crippen LogP contribution in [0.1, 0.15) is 35.5 Å². The highest BCUT2D eigenvalue weighted by atomic mass is 32.1.